The lowest BCUT2D eigenvalue weighted by molar-refractivity contribution is -0.135. The summed E-state index contributed by atoms with van der Waals surface area (Å²) < 4.78 is 5.43. The molecule has 3 fully saturated rings. The maximum absolute atomic E-state index is 12.9. The molecule has 1 aromatic rings. The lowest BCUT2D eigenvalue weighted by atomic mass is 9.93. The second-order valence-electron chi connectivity index (χ2n) is 6.52. The quantitative estimate of drug-likeness (QED) is 0.915. The minimum Gasteiger partial charge on any atom is -0.467 e. The van der Waals surface area contributed by atoms with Crippen molar-refractivity contribution in [1.29, 1.82) is 0 Å². The van der Waals surface area contributed by atoms with Gasteiger partial charge in [0.25, 0.3) is 0 Å². The van der Waals surface area contributed by atoms with Crippen molar-refractivity contribution in [2.24, 2.45) is 11.8 Å². The lowest BCUT2D eigenvalue weighted by Gasteiger charge is -2.27. The van der Waals surface area contributed by atoms with E-state index in [9.17, 15) is 4.79 Å². The summed E-state index contributed by atoms with van der Waals surface area (Å²) in [6.07, 6.45) is 7.78. The predicted octanol–water partition coefficient (Wildman–Crippen LogP) is 2.16. The Morgan fingerprint density at radius 2 is 2.25 bits per heavy atom. The molecular weight excluding hydrogens is 252 g/mol. The largest absolute Gasteiger partial charge is 0.467 e. The maximum atomic E-state index is 12.9. The van der Waals surface area contributed by atoms with Gasteiger partial charge in [0.15, 0.2) is 0 Å². The van der Waals surface area contributed by atoms with Gasteiger partial charge >= 0.3 is 0 Å². The molecule has 2 aliphatic carbocycles. The first-order chi connectivity index (χ1) is 9.83. The average molecular weight is 274 g/mol. The monoisotopic (exact) mass is 274 g/mol. The number of hydrogen-bond acceptors (Lipinski definition) is 3. The highest BCUT2D eigenvalue weighted by molar-refractivity contribution is 5.83. The van der Waals surface area contributed by atoms with E-state index in [1.165, 1.54) is 19.3 Å². The van der Waals surface area contributed by atoms with Crippen molar-refractivity contribution < 1.29 is 9.21 Å². The molecule has 0 radical (unpaired) electrons. The van der Waals surface area contributed by atoms with E-state index in [1.54, 1.807) is 6.26 Å². The Morgan fingerprint density at radius 1 is 1.35 bits per heavy atom. The number of nitrogens with zero attached hydrogens (tertiary/aromatic N) is 1. The van der Waals surface area contributed by atoms with Gasteiger partial charge in [-0.3, -0.25) is 4.79 Å². The summed E-state index contributed by atoms with van der Waals surface area (Å²) in [5.41, 5.74) is 0. The number of amides is 1. The molecule has 2 saturated carbocycles. The van der Waals surface area contributed by atoms with Gasteiger partial charge in [-0.1, -0.05) is 6.42 Å². The van der Waals surface area contributed by atoms with Gasteiger partial charge in [-0.2, -0.15) is 0 Å². The number of furan rings is 1. The molecule has 4 heteroatoms. The van der Waals surface area contributed by atoms with Crippen LogP contribution in [0.25, 0.3) is 0 Å². The second kappa shape index (κ2) is 4.92. The fourth-order valence-corrected chi connectivity index (χ4v) is 3.98. The molecule has 20 heavy (non-hydrogen) atoms. The summed E-state index contributed by atoms with van der Waals surface area (Å²) in [6, 6.07) is 4.35. The first-order valence-corrected chi connectivity index (χ1v) is 7.89. The zero-order chi connectivity index (χ0) is 13.5. The number of nitrogens with one attached hydrogen (secondary N) is 1. The van der Waals surface area contributed by atoms with Crippen LogP contribution in [0.4, 0.5) is 0 Å². The van der Waals surface area contributed by atoms with E-state index < -0.39 is 0 Å². The first-order valence-electron chi connectivity index (χ1n) is 7.89. The van der Waals surface area contributed by atoms with Gasteiger partial charge in [-0.15, -0.1) is 0 Å². The average Bonchev–Trinajstić information content (AvgIpc) is 2.88. The fourth-order valence-electron chi connectivity index (χ4n) is 3.98. The second-order valence-corrected chi connectivity index (χ2v) is 6.52. The lowest BCUT2D eigenvalue weighted by Crippen LogP contribution is -2.47. The third-order valence-corrected chi connectivity index (χ3v) is 5.19. The van der Waals surface area contributed by atoms with Crippen LogP contribution in [0.5, 0.6) is 0 Å². The fraction of sp³-hybridized carbons (Fsp3) is 0.688. The Hall–Kier alpha value is -1.29. The van der Waals surface area contributed by atoms with Gasteiger partial charge in [0.1, 0.15) is 5.76 Å². The Kier molecular flexibility index (Phi) is 3.06. The number of carbonyl (C=O) groups excluding carboxylic acids is 1. The summed E-state index contributed by atoms with van der Waals surface area (Å²) >= 11 is 0. The maximum Gasteiger partial charge on any atom is 0.240 e. The van der Waals surface area contributed by atoms with E-state index in [1.807, 2.05) is 12.1 Å². The number of hydrogen-bond donors (Lipinski definition) is 1. The third-order valence-electron chi connectivity index (χ3n) is 5.19. The minimum absolute atomic E-state index is 0.0538. The van der Waals surface area contributed by atoms with Crippen molar-refractivity contribution in [2.45, 2.75) is 50.7 Å². The zero-order valence-corrected chi connectivity index (χ0v) is 11.8. The Labute approximate surface area is 119 Å². The molecule has 0 aromatic carbocycles. The first kappa shape index (κ1) is 12.5. The number of rotatable bonds is 4. The van der Waals surface area contributed by atoms with Crippen molar-refractivity contribution in [2.75, 3.05) is 6.54 Å². The molecule has 4 rings (SSSR count). The SMILES string of the molecule is O=C(C1NCC2CCCC21)N(Cc1ccco1)C1CC1. The summed E-state index contributed by atoms with van der Waals surface area (Å²) in [5, 5.41) is 3.48. The van der Waals surface area contributed by atoms with Crippen molar-refractivity contribution in [3.63, 3.8) is 0 Å². The van der Waals surface area contributed by atoms with E-state index >= 15 is 0 Å². The molecule has 1 aromatic heterocycles. The number of fused-ring (bicyclic) bond motifs is 1. The number of carbonyl (C=O) groups is 1. The molecule has 1 N–H and O–H groups in total. The summed E-state index contributed by atoms with van der Waals surface area (Å²) in [4.78, 5) is 15.0. The highest BCUT2D eigenvalue weighted by atomic mass is 16.3. The van der Waals surface area contributed by atoms with Crippen LogP contribution in [-0.2, 0) is 11.3 Å². The summed E-state index contributed by atoms with van der Waals surface area (Å²) in [5.74, 6) is 2.50. The standard InChI is InChI=1S/C16H22N2O2/c19-16(15-14-5-1-3-11(14)9-17-15)18(12-6-7-12)10-13-4-2-8-20-13/h2,4,8,11-12,14-15,17H,1,3,5-7,9-10H2. The van der Waals surface area contributed by atoms with Gasteiger partial charge in [0, 0.05) is 6.04 Å². The van der Waals surface area contributed by atoms with Crippen LogP contribution >= 0.6 is 0 Å². The highest BCUT2D eigenvalue weighted by Gasteiger charge is 2.46. The molecule has 3 atom stereocenters. The predicted molar refractivity (Wildman–Crippen MR) is 74.9 cm³/mol. The van der Waals surface area contributed by atoms with Crippen LogP contribution in [0.1, 0.15) is 37.9 Å². The molecule has 4 nitrogen and oxygen atoms in total. The van der Waals surface area contributed by atoms with E-state index in [2.05, 4.69) is 10.2 Å². The summed E-state index contributed by atoms with van der Waals surface area (Å²) in [6.45, 7) is 1.66. The Balaban J connectivity index is 1.49. The van der Waals surface area contributed by atoms with Gasteiger partial charge in [0.05, 0.1) is 18.8 Å². The van der Waals surface area contributed by atoms with Crippen LogP contribution in [0, 0.1) is 11.8 Å². The van der Waals surface area contributed by atoms with Gasteiger partial charge in [0.2, 0.25) is 5.91 Å². The van der Waals surface area contributed by atoms with E-state index in [4.69, 9.17) is 4.42 Å². The Bertz CT molecular complexity index is 481. The van der Waals surface area contributed by atoms with Gasteiger partial charge in [-0.05, 0) is 56.2 Å². The molecule has 0 bridgehead atoms. The van der Waals surface area contributed by atoms with Crippen LogP contribution in [-0.4, -0.2) is 29.4 Å². The van der Waals surface area contributed by atoms with Crippen molar-refractivity contribution in [1.82, 2.24) is 10.2 Å². The van der Waals surface area contributed by atoms with Crippen molar-refractivity contribution in [3.05, 3.63) is 24.2 Å². The third kappa shape index (κ3) is 2.16. The van der Waals surface area contributed by atoms with E-state index in [-0.39, 0.29) is 6.04 Å². The van der Waals surface area contributed by atoms with E-state index in [0.717, 1.165) is 31.1 Å². The molecule has 108 valence electrons. The minimum atomic E-state index is 0.0538. The normalized spacial score (nSPS) is 32.3. The summed E-state index contributed by atoms with van der Waals surface area (Å²) in [7, 11) is 0. The smallest absolute Gasteiger partial charge is 0.240 e. The van der Waals surface area contributed by atoms with Gasteiger partial charge in [-0.25, -0.2) is 0 Å². The molecule has 0 spiro atoms. The molecule has 3 aliphatic rings. The molecule has 1 aliphatic heterocycles. The highest BCUT2D eigenvalue weighted by Crippen LogP contribution is 2.39. The molecule has 1 amide bonds. The van der Waals surface area contributed by atoms with Crippen LogP contribution in [0.15, 0.2) is 22.8 Å². The zero-order valence-electron chi connectivity index (χ0n) is 11.8. The van der Waals surface area contributed by atoms with Crippen LogP contribution in [0.2, 0.25) is 0 Å². The molecule has 1 saturated heterocycles. The topological polar surface area (TPSA) is 45.5 Å². The molecule has 3 unspecified atom stereocenters. The van der Waals surface area contributed by atoms with Crippen LogP contribution in [0.3, 0.4) is 0 Å². The van der Waals surface area contributed by atoms with Crippen molar-refractivity contribution >= 4 is 5.91 Å². The van der Waals surface area contributed by atoms with Crippen LogP contribution < -0.4 is 5.32 Å². The van der Waals surface area contributed by atoms with Crippen molar-refractivity contribution in [3.8, 4) is 0 Å². The van der Waals surface area contributed by atoms with Gasteiger partial charge < -0.3 is 14.6 Å². The molecular formula is C16H22N2O2. The van der Waals surface area contributed by atoms with E-state index in [0.29, 0.717) is 24.4 Å². The Morgan fingerprint density at radius 3 is 3.00 bits per heavy atom. The molecule has 2 heterocycles.